The van der Waals surface area contributed by atoms with Crippen molar-refractivity contribution in [3.63, 3.8) is 0 Å². The van der Waals surface area contributed by atoms with Crippen LogP contribution in [0.1, 0.15) is 24.5 Å². The summed E-state index contributed by atoms with van der Waals surface area (Å²) < 4.78 is 0. The highest BCUT2D eigenvalue weighted by molar-refractivity contribution is 6.05. The Balaban J connectivity index is 1.44. The van der Waals surface area contributed by atoms with E-state index in [1.807, 2.05) is 12.1 Å². The van der Waals surface area contributed by atoms with Crippen LogP contribution in [0.5, 0.6) is 0 Å². The fourth-order valence-corrected chi connectivity index (χ4v) is 4.53. The molecule has 168 valence electrons. The van der Waals surface area contributed by atoms with E-state index in [1.165, 1.54) is 16.3 Å². The summed E-state index contributed by atoms with van der Waals surface area (Å²) in [5.41, 5.74) is 6.58. The lowest BCUT2D eigenvalue weighted by Gasteiger charge is -2.34. The zero-order valence-electron chi connectivity index (χ0n) is 19.5. The Bertz CT molecular complexity index is 1370. The summed E-state index contributed by atoms with van der Waals surface area (Å²) in [7, 11) is 0. The molecule has 0 aromatic heterocycles. The van der Waals surface area contributed by atoms with Gasteiger partial charge in [0.25, 0.3) is 0 Å². The van der Waals surface area contributed by atoms with Crippen LogP contribution in [0.2, 0.25) is 0 Å². The van der Waals surface area contributed by atoms with Crippen molar-refractivity contribution in [1.82, 2.24) is 4.90 Å². The second-order valence-electron chi connectivity index (χ2n) is 8.44. The Hall–Kier alpha value is -4.11. The van der Waals surface area contributed by atoms with Crippen LogP contribution in [0.15, 0.2) is 126 Å². The summed E-state index contributed by atoms with van der Waals surface area (Å²) in [6, 6.07) is 35.8. The maximum absolute atomic E-state index is 5.21. The number of nitrogens with one attached hydrogen (secondary N) is 1. The number of hydrogen-bond acceptors (Lipinski definition) is 3. The smallest absolute Gasteiger partial charge is 0.141 e. The number of benzene rings is 4. The molecule has 0 saturated carbocycles. The van der Waals surface area contributed by atoms with Crippen molar-refractivity contribution in [2.24, 2.45) is 4.99 Å². The zero-order valence-corrected chi connectivity index (χ0v) is 19.5. The molecule has 3 heteroatoms. The Kier molecular flexibility index (Phi) is 6.26. The molecule has 0 bridgehead atoms. The molecule has 1 N–H and O–H groups in total. The van der Waals surface area contributed by atoms with E-state index in [1.54, 1.807) is 0 Å². The third-order valence-corrected chi connectivity index (χ3v) is 6.28. The van der Waals surface area contributed by atoms with Crippen molar-refractivity contribution in [2.75, 3.05) is 18.4 Å². The number of anilines is 1. The van der Waals surface area contributed by atoms with Crippen LogP contribution in [-0.4, -0.2) is 23.8 Å². The van der Waals surface area contributed by atoms with Crippen molar-refractivity contribution in [3.8, 4) is 0 Å². The van der Waals surface area contributed by atoms with Crippen LogP contribution in [0.25, 0.3) is 16.5 Å². The van der Waals surface area contributed by atoms with E-state index in [-0.39, 0.29) is 0 Å². The van der Waals surface area contributed by atoms with Gasteiger partial charge in [-0.25, -0.2) is 4.99 Å². The lowest BCUT2D eigenvalue weighted by molar-refractivity contribution is 0.532. The molecule has 4 aromatic carbocycles. The molecule has 1 aliphatic rings. The number of nitrogens with zero attached hydrogens (tertiary/aromatic N) is 2. The van der Waals surface area contributed by atoms with Gasteiger partial charge in [0.15, 0.2) is 0 Å². The minimum absolute atomic E-state index is 0.769. The molecule has 4 aromatic rings. The van der Waals surface area contributed by atoms with Crippen LogP contribution in [0.4, 0.5) is 5.69 Å². The third-order valence-electron chi connectivity index (χ3n) is 6.28. The van der Waals surface area contributed by atoms with Gasteiger partial charge in [-0.1, -0.05) is 104 Å². The highest BCUT2D eigenvalue weighted by atomic mass is 15.2. The standard InChI is InChI=1S/C31H29N3/c1-3-29-23(2)34(21-20-32-28-19-18-24-12-10-11-17-27(24)22-28)31(26-15-8-5-9-16-26)33-30(29)25-13-6-4-7-14-25/h4-19,22,32H,2-3,20-21H2,1H3. The number of hydrogen-bond donors (Lipinski definition) is 1. The molecule has 1 heterocycles. The van der Waals surface area contributed by atoms with E-state index >= 15 is 0 Å². The molecule has 3 nitrogen and oxygen atoms in total. The van der Waals surface area contributed by atoms with Crippen LogP contribution in [0.3, 0.4) is 0 Å². The number of allylic oxidation sites excluding steroid dienone is 1. The van der Waals surface area contributed by atoms with Crippen molar-refractivity contribution >= 4 is 28.0 Å². The van der Waals surface area contributed by atoms with E-state index in [0.29, 0.717) is 0 Å². The van der Waals surface area contributed by atoms with E-state index < -0.39 is 0 Å². The largest absolute Gasteiger partial charge is 0.383 e. The third kappa shape index (κ3) is 4.38. The van der Waals surface area contributed by atoms with Crippen LogP contribution in [0, 0.1) is 0 Å². The molecule has 0 radical (unpaired) electrons. The number of amidine groups is 1. The van der Waals surface area contributed by atoms with Crippen molar-refractivity contribution in [3.05, 3.63) is 132 Å². The van der Waals surface area contributed by atoms with Gasteiger partial charge in [-0.2, -0.15) is 0 Å². The van der Waals surface area contributed by atoms with Crippen molar-refractivity contribution < 1.29 is 0 Å². The van der Waals surface area contributed by atoms with Gasteiger partial charge >= 0.3 is 0 Å². The van der Waals surface area contributed by atoms with Gasteiger partial charge in [0, 0.05) is 41.2 Å². The number of aliphatic imine (C=N–C) groups is 1. The molecule has 0 unspecified atom stereocenters. The fraction of sp³-hybridized carbons (Fsp3) is 0.129. The first-order valence-corrected chi connectivity index (χ1v) is 11.9. The molecule has 0 aliphatic carbocycles. The van der Waals surface area contributed by atoms with Crippen LogP contribution in [-0.2, 0) is 0 Å². The summed E-state index contributed by atoms with van der Waals surface area (Å²) in [5, 5.41) is 6.09. The molecule has 5 rings (SSSR count). The molecule has 0 saturated heterocycles. The van der Waals surface area contributed by atoms with Gasteiger partial charge in [-0.05, 0) is 29.3 Å². The first-order valence-electron chi connectivity index (χ1n) is 11.9. The SMILES string of the molecule is C=C1C(CC)=C(c2ccccc2)N=C(c2ccccc2)N1CCNc1ccc2ccccc2c1. The van der Waals surface area contributed by atoms with Gasteiger partial charge in [-0.3, -0.25) is 0 Å². The Morgan fingerprint density at radius 2 is 1.41 bits per heavy atom. The summed E-state index contributed by atoms with van der Waals surface area (Å²) >= 11 is 0. The fourth-order valence-electron chi connectivity index (χ4n) is 4.53. The molecule has 0 atom stereocenters. The molecule has 34 heavy (non-hydrogen) atoms. The summed E-state index contributed by atoms with van der Waals surface area (Å²) in [5.74, 6) is 0.946. The quantitative estimate of drug-likeness (QED) is 0.323. The molecular weight excluding hydrogens is 414 g/mol. The highest BCUT2D eigenvalue weighted by Crippen LogP contribution is 2.34. The molecule has 0 spiro atoms. The van der Waals surface area contributed by atoms with Gasteiger partial charge in [0.2, 0.25) is 0 Å². The maximum Gasteiger partial charge on any atom is 0.141 e. The summed E-state index contributed by atoms with van der Waals surface area (Å²) in [4.78, 5) is 7.47. The Labute approximate surface area is 201 Å². The Morgan fingerprint density at radius 3 is 2.12 bits per heavy atom. The summed E-state index contributed by atoms with van der Waals surface area (Å²) in [6.07, 6.45) is 0.878. The predicted octanol–water partition coefficient (Wildman–Crippen LogP) is 7.35. The molecular formula is C31H29N3. The Morgan fingerprint density at radius 1 is 0.765 bits per heavy atom. The van der Waals surface area contributed by atoms with E-state index in [4.69, 9.17) is 4.99 Å². The lowest BCUT2D eigenvalue weighted by Crippen LogP contribution is -2.37. The maximum atomic E-state index is 5.21. The average Bonchev–Trinajstić information content (AvgIpc) is 2.90. The van der Waals surface area contributed by atoms with Crippen LogP contribution >= 0.6 is 0 Å². The van der Waals surface area contributed by atoms with Gasteiger partial charge in [0.1, 0.15) is 5.84 Å². The predicted molar refractivity (Wildman–Crippen MR) is 145 cm³/mol. The van der Waals surface area contributed by atoms with E-state index in [0.717, 1.165) is 53.6 Å². The topological polar surface area (TPSA) is 27.6 Å². The van der Waals surface area contributed by atoms with Gasteiger partial charge < -0.3 is 10.2 Å². The van der Waals surface area contributed by atoms with Crippen molar-refractivity contribution in [1.29, 1.82) is 0 Å². The lowest BCUT2D eigenvalue weighted by atomic mass is 9.98. The normalized spacial score (nSPS) is 13.9. The summed E-state index contributed by atoms with van der Waals surface area (Å²) in [6.45, 7) is 8.25. The monoisotopic (exact) mass is 443 g/mol. The average molecular weight is 444 g/mol. The second kappa shape index (κ2) is 9.80. The van der Waals surface area contributed by atoms with Gasteiger partial charge in [-0.15, -0.1) is 0 Å². The minimum Gasteiger partial charge on any atom is -0.383 e. The molecule has 0 fully saturated rings. The second-order valence-corrected chi connectivity index (χ2v) is 8.44. The first kappa shape index (κ1) is 21.7. The van der Waals surface area contributed by atoms with Crippen molar-refractivity contribution in [2.45, 2.75) is 13.3 Å². The number of rotatable bonds is 7. The zero-order chi connectivity index (χ0) is 23.3. The van der Waals surface area contributed by atoms with E-state index in [9.17, 15) is 0 Å². The minimum atomic E-state index is 0.769. The first-order chi connectivity index (χ1) is 16.7. The van der Waals surface area contributed by atoms with Crippen LogP contribution < -0.4 is 5.32 Å². The highest BCUT2D eigenvalue weighted by Gasteiger charge is 2.26. The van der Waals surface area contributed by atoms with Gasteiger partial charge in [0.05, 0.1) is 5.70 Å². The molecule has 1 aliphatic heterocycles. The van der Waals surface area contributed by atoms with E-state index in [2.05, 4.69) is 115 Å². The molecule has 0 amide bonds. The number of fused-ring (bicyclic) bond motifs is 1.